The van der Waals surface area contributed by atoms with Crippen molar-refractivity contribution in [3.8, 4) is 5.75 Å². The molecular weight excluding hydrogens is 339 g/mol. The molecule has 1 N–H and O–H groups in total. The van der Waals surface area contributed by atoms with Crippen molar-refractivity contribution in [3.63, 3.8) is 0 Å². The van der Waals surface area contributed by atoms with E-state index in [1.54, 1.807) is 6.92 Å². The molecule has 116 valence electrons. The predicted octanol–water partition coefficient (Wildman–Crippen LogP) is 2.57. The molecule has 0 spiro atoms. The van der Waals surface area contributed by atoms with Gasteiger partial charge in [0, 0.05) is 19.1 Å². The normalized spacial score (nSPS) is 20.2. The lowest BCUT2D eigenvalue weighted by molar-refractivity contribution is -0.139. The number of amides is 1. The van der Waals surface area contributed by atoms with Gasteiger partial charge in [0.15, 0.2) is 6.10 Å². The third-order valence-corrected chi connectivity index (χ3v) is 4.31. The molecule has 0 aromatic heterocycles. The number of benzene rings is 1. The maximum absolute atomic E-state index is 13.0. The van der Waals surface area contributed by atoms with Gasteiger partial charge >= 0.3 is 0 Å². The van der Waals surface area contributed by atoms with Gasteiger partial charge in [-0.25, -0.2) is 4.39 Å². The van der Waals surface area contributed by atoms with E-state index in [4.69, 9.17) is 4.74 Å². The quantitative estimate of drug-likeness (QED) is 0.899. The van der Waals surface area contributed by atoms with Gasteiger partial charge in [-0.15, -0.1) is 0 Å². The summed E-state index contributed by atoms with van der Waals surface area (Å²) in [7, 11) is 1.91. The summed E-state index contributed by atoms with van der Waals surface area (Å²) in [5, 5.41) is 3.21. The summed E-state index contributed by atoms with van der Waals surface area (Å²) in [6.45, 7) is 3.18. The predicted molar refractivity (Wildman–Crippen MR) is 82.9 cm³/mol. The number of hydrogen-bond donors (Lipinski definition) is 1. The number of nitrogens with one attached hydrogen (secondary N) is 1. The molecule has 2 atom stereocenters. The minimum absolute atomic E-state index is 0.0359. The lowest BCUT2D eigenvalue weighted by atomic mass is 10.1. The second kappa shape index (κ2) is 7.22. The van der Waals surface area contributed by atoms with Crippen molar-refractivity contribution < 1.29 is 13.9 Å². The minimum Gasteiger partial charge on any atom is -0.480 e. The molecular formula is C15H20BrFN2O2. The first-order valence-corrected chi connectivity index (χ1v) is 7.88. The van der Waals surface area contributed by atoms with Crippen LogP contribution >= 0.6 is 15.9 Å². The zero-order valence-electron chi connectivity index (χ0n) is 12.2. The maximum atomic E-state index is 13.0. The van der Waals surface area contributed by atoms with Crippen LogP contribution < -0.4 is 10.1 Å². The fraction of sp³-hybridized carbons (Fsp3) is 0.533. The van der Waals surface area contributed by atoms with Gasteiger partial charge in [-0.2, -0.15) is 0 Å². The largest absolute Gasteiger partial charge is 0.480 e. The van der Waals surface area contributed by atoms with Crippen molar-refractivity contribution >= 4 is 21.8 Å². The molecule has 1 saturated heterocycles. The SMILES string of the molecule is CN[C@@H]1CCCN(C(=O)[C@H](C)Oc2ccc(F)cc2Br)C1. The molecule has 0 radical (unpaired) electrons. The summed E-state index contributed by atoms with van der Waals surface area (Å²) in [4.78, 5) is 14.3. The number of likely N-dealkylation sites (N-methyl/N-ethyl adjacent to an activating group) is 1. The second-order valence-electron chi connectivity index (χ2n) is 5.25. The average molecular weight is 359 g/mol. The van der Waals surface area contributed by atoms with E-state index in [2.05, 4.69) is 21.2 Å². The van der Waals surface area contributed by atoms with E-state index in [0.29, 0.717) is 22.8 Å². The van der Waals surface area contributed by atoms with Crippen molar-refractivity contribution in [2.75, 3.05) is 20.1 Å². The molecule has 6 heteroatoms. The first-order valence-electron chi connectivity index (χ1n) is 7.09. The van der Waals surface area contributed by atoms with Crippen LogP contribution in [-0.4, -0.2) is 43.1 Å². The van der Waals surface area contributed by atoms with Crippen LogP contribution in [0.1, 0.15) is 19.8 Å². The van der Waals surface area contributed by atoms with E-state index < -0.39 is 6.10 Å². The lowest BCUT2D eigenvalue weighted by Crippen LogP contribution is -2.50. The zero-order chi connectivity index (χ0) is 15.4. The van der Waals surface area contributed by atoms with Gasteiger partial charge in [-0.1, -0.05) is 0 Å². The second-order valence-corrected chi connectivity index (χ2v) is 6.10. The van der Waals surface area contributed by atoms with E-state index in [1.807, 2.05) is 11.9 Å². The van der Waals surface area contributed by atoms with Crippen LogP contribution in [0.5, 0.6) is 5.75 Å². The molecule has 2 rings (SSSR count). The molecule has 1 amide bonds. The third kappa shape index (κ3) is 4.17. The fourth-order valence-electron chi connectivity index (χ4n) is 2.48. The highest BCUT2D eigenvalue weighted by Crippen LogP contribution is 2.26. The summed E-state index contributed by atoms with van der Waals surface area (Å²) in [6, 6.07) is 4.50. The average Bonchev–Trinajstić information content (AvgIpc) is 2.49. The summed E-state index contributed by atoms with van der Waals surface area (Å²) < 4.78 is 19.2. The Morgan fingerprint density at radius 2 is 2.33 bits per heavy atom. The molecule has 1 aliphatic heterocycles. The highest BCUT2D eigenvalue weighted by Gasteiger charge is 2.27. The number of nitrogens with zero attached hydrogens (tertiary/aromatic N) is 1. The van der Waals surface area contributed by atoms with Gasteiger partial charge in [-0.05, 0) is 60.9 Å². The van der Waals surface area contributed by atoms with Gasteiger partial charge < -0.3 is 15.0 Å². The van der Waals surface area contributed by atoms with E-state index >= 15 is 0 Å². The van der Waals surface area contributed by atoms with Crippen molar-refractivity contribution in [2.45, 2.75) is 31.9 Å². The van der Waals surface area contributed by atoms with Crippen LogP contribution in [0.2, 0.25) is 0 Å². The van der Waals surface area contributed by atoms with Crippen LogP contribution in [0.15, 0.2) is 22.7 Å². The number of carbonyl (C=O) groups is 1. The van der Waals surface area contributed by atoms with Gasteiger partial charge in [-0.3, -0.25) is 4.79 Å². The van der Waals surface area contributed by atoms with Crippen LogP contribution in [0, 0.1) is 5.82 Å². The van der Waals surface area contributed by atoms with Crippen molar-refractivity contribution in [2.24, 2.45) is 0 Å². The highest BCUT2D eigenvalue weighted by atomic mass is 79.9. The fourth-order valence-corrected chi connectivity index (χ4v) is 2.93. The van der Waals surface area contributed by atoms with Gasteiger partial charge in [0.05, 0.1) is 4.47 Å². The molecule has 1 fully saturated rings. The Balaban J connectivity index is 1.99. The summed E-state index contributed by atoms with van der Waals surface area (Å²) in [5.41, 5.74) is 0. The first kappa shape index (κ1) is 16.2. The maximum Gasteiger partial charge on any atom is 0.263 e. The molecule has 0 aliphatic carbocycles. The summed E-state index contributed by atoms with van der Waals surface area (Å²) in [6.07, 6.45) is 1.48. The van der Waals surface area contributed by atoms with Crippen LogP contribution in [0.25, 0.3) is 0 Å². The highest BCUT2D eigenvalue weighted by molar-refractivity contribution is 9.10. The van der Waals surface area contributed by atoms with Crippen LogP contribution in [0.3, 0.4) is 0 Å². The van der Waals surface area contributed by atoms with Crippen molar-refractivity contribution in [1.29, 1.82) is 0 Å². The summed E-state index contributed by atoms with van der Waals surface area (Å²) >= 11 is 3.24. The number of rotatable bonds is 4. The number of hydrogen-bond acceptors (Lipinski definition) is 3. The standard InChI is InChI=1S/C15H20BrFN2O2/c1-10(21-14-6-5-11(17)8-13(14)16)15(20)19-7-3-4-12(9-19)18-2/h5-6,8,10,12,18H,3-4,7,9H2,1-2H3/t10-,12+/m0/s1. The first-order chi connectivity index (χ1) is 10.0. The number of carbonyl (C=O) groups excluding carboxylic acids is 1. The number of ether oxygens (including phenoxy) is 1. The molecule has 1 heterocycles. The smallest absolute Gasteiger partial charge is 0.263 e. The third-order valence-electron chi connectivity index (χ3n) is 3.69. The van der Waals surface area contributed by atoms with Gasteiger partial charge in [0.2, 0.25) is 0 Å². The van der Waals surface area contributed by atoms with Crippen molar-refractivity contribution in [3.05, 3.63) is 28.5 Å². The van der Waals surface area contributed by atoms with Crippen LogP contribution in [0.4, 0.5) is 4.39 Å². The Bertz CT molecular complexity index is 512. The Morgan fingerprint density at radius 3 is 3.00 bits per heavy atom. The Kier molecular flexibility index (Phi) is 5.58. The Labute approximate surface area is 132 Å². The van der Waals surface area contributed by atoms with Gasteiger partial charge in [0.25, 0.3) is 5.91 Å². The van der Waals surface area contributed by atoms with E-state index in [-0.39, 0.29) is 11.7 Å². The van der Waals surface area contributed by atoms with Crippen molar-refractivity contribution in [1.82, 2.24) is 10.2 Å². The number of piperidine rings is 1. The molecule has 4 nitrogen and oxygen atoms in total. The number of likely N-dealkylation sites (tertiary alicyclic amines) is 1. The molecule has 0 saturated carbocycles. The van der Waals surface area contributed by atoms with E-state index in [0.717, 1.165) is 19.4 Å². The monoisotopic (exact) mass is 358 g/mol. The van der Waals surface area contributed by atoms with E-state index in [1.165, 1.54) is 18.2 Å². The summed E-state index contributed by atoms with van der Waals surface area (Å²) in [5.74, 6) is 0.0895. The molecule has 1 aromatic rings. The van der Waals surface area contributed by atoms with Gasteiger partial charge in [0.1, 0.15) is 11.6 Å². The molecule has 21 heavy (non-hydrogen) atoms. The lowest BCUT2D eigenvalue weighted by Gasteiger charge is -2.34. The molecule has 1 aliphatic rings. The van der Waals surface area contributed by atoms with E-state index in [9.17, 15) is 9.18 Å². The topological polar surface area (TPSA) is 41.6 Å². The molecule has 1 aromatic carbocycles. The minimum atomic E-state index is -0.595. The Hall–Kier alpha value is -1.14. The zero-order valence-corrected chi connectivity index (χ0v) is 13.8. The van der Waals surface area contributed by atoms with Crippen LogP contribution in [-0.2, 0) is 4.79 Å². The molecule has 0 bridgehead atoms. The Morgan fingerprint density at radius 1 is 1.57 bits per heavy atom. The number of halogens is 2. The molecule has 0 unspecified atom stereocenters.